The monoisotopic (exact) mass is 464 g/mol. The minimum Gasteiger partial charge on any atom is -0.497 e. The third kappa shape index (κ3) is 4.54. The summed E-state index contributed by atoms with van der Waals surface area (Å²) in [6.07, 6.45) is 0.0149. The summed E-state index contributed by atoms with van der Waals surface area (Å²) >= 11 is 1.28. The van der Waals surface area contributed by atoms with Gasteiger partial charge in [-0.05, 0) is 29.8 Å². The lowest BCUT2D eigenvalue weighted by Gasteiger charge is -2.26. The van der Waals surface area contributed by atoms with Crippen molar-refractivity contribution in [3.05, 3.63) is 53.8 Å². The normalized spacial score (nSPS) is 23.1. The number of carbonyl (C=O) groups excluding carboxylic acids is 1. The van der Waals surface area contributed by atoms with Crippen molar-refractivity contribution in [1.29, 1.82) is 0 Å². The predicted molar refractivity (Wildman–Crippen MR) is 118 cm³/mol. The Bertz CT molecular complexity index is 1130. The van der Waals surface area contributed by atoms with Gasteiger partial charge in [0.25, 0.3) is 5.91 Å². The maximum absolute atomic E-state index is 13.1. The molecule has 2 atom stereocenters. The van der Waals surface area contributed by atoms with E-state index in [0.717, 1.165) is 0 Å². The van der Waals surface area contributed by atoms with Gasteiger partial charge in [-0.3, -0.25) is 4.79 Å². The average molecular weight is 465 g/mol. The smallest absolute Gasteiger partial charge is 0.252 e. The minimum atomic E-state index is -3.20. The molecule has 2 heterocycles. The molecule has 2 aliphatic rings. The Hall–Kier alpha value is -2.59. The van der Waals surface area contributed by atoms with E-state index in [9.17, 15) is 17.6 Å². The molecule has 2 aromatic carbocycles. The number of sulfone groups is 1. The second kappa shape index (κ2) is 8.51. The standard InChI is InChI=1S/C21H21FN2O5S2/c1-28-15-7-8-18(29-2)16(10-15)24-17-11-31(26,27)12-19(17)30-21(24)23-20(25)9-13-3-5-14(22)6-4-13/h3-8,10,17,19H,9,11-12H2,1-2H3/t17-,19+/m0/s1. The van der Waals surface area contributed by atoms with E-state index in [1.165, 1.54) is 38.1 Å². The lowest BCUT2D eigenvalue weighted by molar-refractivity contribution is -0.117. The summed E-state index contributed by atoms with van der Waals surface area (Å²) in [6, 6.07) is 10.5. The zero-order chi connectivity index (χ0) is 22.2. The van der Waals surface area contributed by atoms with E-state index in [1.54, 1.807) is 35.2 Å². The summed E-state index contributed by atoms with van der Waals surface area (Å²) in [4.78, 5) is 18.7. The highest BCUT2D eigenvalue weighted by Crippen LogP contribution is 2.45. The number of anilines is 1. The third-order valence-corrected chi connectivity index (χ3v) is 8.41. The molecule has 0 N–H and O–H groups in total. The van der Waals surface area contributed by atoms with Crippen LogP contribution in [0.4, 0.5) is 10.1 Å². The van der Waals surface area contributed by atoms with Crippen molar-refractivity contribution in [3.63, 3.8) is 0 Å². The number of hydrogen-bond donors (Lipinski definition) is 0. The number of amides is 1. The third-order valence-electron chi connectivity index (χ3n) is 5.20. The molecule has 0 radical (unpaired) electrons. The molecule has 7 nitrogen and oxygen atoms in total. The molecule has 0 bridgehead atoms. The molecule has 31 heavy (non-hydrogen) atoms. The fourth-order valence-electron chi connectivity index (χ4n) is 3.75. The minimum absolute atomic E-state index is 0.0149. The van der Waals surface area contributed by atoms with E-state index in [4.69, 9.17) is 9.47 Å². The van der Waals surface area contributed by atoms with Gasteiger partial charge in [0.15, 0.2) is 15.0 Å². The van der Waals surface area contributed by atoms with Crippen molar-refractivity contribution in [2.45, 2.75) is 17.7 Å². The van der Waals surface area contributed by atoms with E-state index >= 15 is 0 Å². The second-order valence-electron chi connectivity index (χ2n) is 7.30. The first-order valence-electron chi connectivity index (χ1n) is 9.54. The van der Waals surface area contributed by atoms with Gasteiger partial charge in [-0.2, -0.15) is 4.99 Å². The van der Waals surface area contributed by atoms with E-state index in [-0.39, 0.29) is 35.0 Å². The summed E-state index contributed by atoms with van der Waals surface area (Å²) in [5, 5.41) is 0.182. The molecule has 0 saturated carbocycles. The number of methoxy groups -OCH3 is 2. The van der Waals surface area contributed by atoms with Crippen LogP contribution in [0.15, 0.2) is 47.5 Å². The quantitative estimate of drug-likeness (QED) is 0.673. The Labute approximate surface area is 184 Å². The van der Waals surface area contributed by atoms with Crippen LogP contribution in [0.2, 0.25) is 0 Å². The van der Waals surface area contributed by atoms with Gasteiger partial charge in [0.05, 0.1) is 43.9 Å². The van der Waals surface area contributed by atoms with Crippen LogP contribution < -0.4 is 14.4 Å². The van der Waals surface area contributed by atoms with Crippen LogP contribution in [0.1, 0.15) is 5.56 Å². The highest BCUT2D eigenvalue weighted by atomic mass is 32.2. The maximum Gasteiger partial charge on any atom is 0.252 e. The molecule has 0 unspecified atom stereocenters. The molecule has 164 valence electrons. The number of nitrogens with zero attached hydrogens (tertiary/aromatic N) is 2. The van der Waals surface area contributed by atoms with E-state index in [2.05, 4.69) is 4.99 Å². The number of amidine groups is 1. The molecular formula is C21H21FN2O5S2. The van der Waals surface area contributed by atoms with Gasteiger partial charge in [0.1, 0.15) is 17.3 Å². The zero-order valence-electron chi connectivity index (χ0n) is 16.9. The molecule has 1 amide bonds. The number of carbonyl (C=O) groups is 1. The number of hydrogen-bond acceptors (Lipinski definition) is 6. The Balaban J connectivity index is 1.70. The highest BCUT2D eigenvalue weighted by molar-refractivity contribution is 8.16. The summed E-state index contributed by atoms with van der Waals surface area (Å²) in [6.45, 7) is 0. The van der Waals surface area contributed by atoms with Crippen LogP contribution in [-0.4, -0.2) is 56.5 Å². The molecule has 0 spiro atoms. The van der Waals surface area contributed by atoms with E-state index in [0.29, 0.717) is 27.9 Å². The maximum atomic E-state index is 13.1. The molecule has 2 aliphatic heterocycles. The SMILES string of the molecule is COc1ccc(OC)c(N2C(=NC(=O)Cc3ccc(F)cc3)S[C@@H]3CS(=O)(=O)C[C@@H]32)c1. The first-order chi connectivity index (χ1) is 14.8. The van der Waals surface area contributed by atoms with Crippen molar-refractivity contribution in [2.24, 2.45) is 4.99 Å². The van der Waals surface area contributed by atoms with Gasteiger partial charge in [0, 0.05) is 11.3 Å². The van der Waals surface area contributed by atoms with E-state index in [1.807, 2.05) is 0 Å². The summed E-state index contributed by atoms with van der Waals surface area (Å²) in [5.74, 6) is 0.307. The Morgan fingerprint density at radius 3 is 2.58 bits per heavy atom. The average Bonchev–Trinajstić information content (AvgIpc) is 3.19. The van der Waals surface area contributed by atoms with Crippen molar-refractivity contribution in [1.82, 2.24) is 0 Å². The molecule has 2 saturated heterocycles. The van der Waals surface area contributed by atoms with Crippen LogP contribution in [-0.2, 0) is 21.1 Å². The van der Waals surface area contributed by atoms with Gasteiger partial charge in [-0.15, -0.1) is 0 Å². The first kappa shape index (κ1) is 21.6. The van der Waals surface area contributed by atoms with Gasteiger partial charge in [-0.25, -0.2) is 12.8 Å². The molecule has 4 rings (SSSR count). The predicted octanol–water partition coefficient (Wildman–Crippen LogP) is 2.69. The summed E-state index contributed by atoms with van der Waals surface area (Å²) < 4.78 is 48.5. The van der Waals surface area contributed by atoms with Crippen LogP contribution in [0.5, 0.6) is 11.5 Å². The van der Waals surface area contributed by atoms with Crippen molar-refractivity contribution in [3.8, 4) is 11.5 Å². The van der Waals surface area contributed by atoms with Crippen LogP contribution in [0.3, 0.4) is 0 Å². The number of ether oxygens (including phenoxy) is 2. The molecule has 10 heteroatoms. The van der Waals surface area contributed by atoms with Gasteiger partial charge >= 0.3 is 0 Å². The lowest BCUT2D eigenvalue weighted by Crippen LogP contribution is -2.38. The van der Waals surface area contributed by atoms with Crippen LogP contribution >= 0.6 is 11.8 Å². The molecule has 0 aromatic heterocycles. The van der Waals surface area contributed by atoms with E-state index < -0.39 is 15.7 Å². The molecule has 2 aromatic rings. The Kier molecular flexibility index (Phi) is 5.94. The Morgan fingerprint density at radius 2 is 1.90 bits per heavy atom. The zero-order valence-corrected chi connectivity index (χ0v) is 18.6. The van der Waals surface area contributed by atoms with Crippen molar-refractivity contribution < 1.29 is 27.1 Å². The first-order valence-corrected chi connectivity index (χ1v) is 12.2. The fourth-order valence-corrected chi connectivity index (χ4v) is 7.68. The van der Waals surface area contributed by atoms with Gasteiger partial charge in [0.2, 0.25) is 0 Å². The number of rotatable bonds is 5. The molecular weight excluding hydrogens is 443 g/mol. The summed E-state index contributed by atoms with van der Waals surface area (Å²) in [5.41, 5.74) is 1.24. The number of halogens is 1. The molecule has 2 fully saturated rings. The molecule has 0 aliphatic carbocycles. The second-order valence-corrected chi connectivity index (χ2v) is 10.7. The number of thioether (sulfide) groups is 1. The van der Waals surface area contributed by atoms with Crippen LogP contribution in [0.25, 0.3) is 0 Å². The van der Waals surface area contributed by atoms with Crippen molar-refractivity contribution >= 4 is 38.4 Å². The summed E-state index contributed by atoms with van der Waals surface area (Å²) in [7, 11) is -0.138. The van der Waals surface area contributed by atoms with Crippen LogP contribution in [0, 0.1) is 5.82 Å². The van der Waals surface area contributed by atoms with Gasteiger partial charge < -0.3 is 14.4 Å². The lowest BCUT2D eigenvalue weighted by atomic mass is 10.1. The van der Waals surface area contributed by atoms with Crippen molar-refractivity contribution in [2.75, 3.05) is 30.6 Å². The van der Waals surface area contributed by atoms with Gasteiger partial charge in [-0.1, -0.05) is 23.9 Å². The number of fused-ring (bicyclic) bond motifs is 1. The highest BCUT2D eigenvalue weighted by Gasteiger charge is 2.50. The number of benzene rings is 2. The topological polar surface area (TPSA) is 85.3 Å². The fraction of sp³-hybridized carbons (Fsp3) is 0.333. The largest absolute Gasteiger partial charge is 0.497 e. The Morgan fingerprint density at radius 1 is 1.16 bits per heavy atom. The number of aliphatic imine (C=N–C) groups is 1.